The molecule has 1 unspecified atom stereocenters. The zero-order valence-corrected chi connectivity index (χ0v) is 16.4. The highest BCUT2D eigenvalue weighted by Crippen LogP contribution is 2.25. The molecule has 0 aliphatic carbocycles. The summed E-state index contributed by atoms with van der Waals surface area (Å²) >= 11 is 0. The SMILES string of the molecule is CC(C)CC(=O)NC(C(=O)Nc1ccc(C(C)(C)C(=O)O)cc1)C(C)C. The van der Waals surface area contributed by atoms with E-state index in [0.29, 0.717) is 17.7 Å². The van der Waals surface area contributed by atoms with Crippen LogP contribution in [0, 0.1) is 11.8 Å². The monoisotopic (exact) mass is 362 g/mol. The van der Waals surface area contributed by atoms with Crippen LogP contribution in [-0.2, 0) is 19.8 Å². The summed E-state index contributed by atoms with van der Waals surface area (Å²) in [5, 5.41) is 14.9. The van der Waals surface area contributed by atoms with Crippen molar-refractivity contribution in [3.63, 3.8) is 0 Å². The van der Waals surface area contributed by atoms with Crippen LogP contribution in [0.4, 0.5) is 5.69 Å². The van der Waals surface area contributed by atoms with Crippen LogP contribution >= 0.6 is 0 Å². The van der Waals surface area contributed by atoms with Gasteiger partial charge in [-0.2, -0.15) is 0 Å². The number of carboxylic acid groups (broad SMARTS) is 1. The smallest absolute Gasteiger partial charge is 0.313 e. The van der Waals surface area contributed by atoms with E-state index in [9.17, 15) is 19.5 Å². The molecular formula is C20H30N2O4. The van der Waals surface area contributed by atoms with Crippen LogP contribution in [-0.4, -0.2) is 28.9 Å². The second-order valence-corrected chi connectivity index (χ2v) is 7.88. The van der Waals surface area contributed by atoms with Gasteiger partial charge >= 0.3 is 5.97 Å². The van der Waals surface area contributed by atoms with Crippen LogP contribution in [0.5, 0.6) is 0 Å². The number of amides is 2. The Labute approximate surface area is 155 Å². The highest BCUT2D eigenvalue weighted by Gasteiger charge is 2.29. The number of aliphatic carboxylic acids is 1. The molecule has 3 N–H and O–H groups in total. The van der Waals surface area contributed by atoms with E-state index in [1.54, 1.807) is 38.1 Å². The minimum Gasteiger partial charge on any atom is -0.481 e. The zero-order chi connectivity index (χ0) is 20.1. The first-order chi connectivity index (χ1) is 11.9. The van der Waals surface area contributed by atoms with Crippen molar-refractivity contribution < 1.29 is 19.5 Å². The minimum atomic E-state index is -1.01. The third-order valence-corrected chi connectivity index (χ3v) is 4.27. The van der Waals surface area contributed by atoms with Crippen molar-refractivity contribution >= 4 is 23.5 Å². The lowest BCUT2D eigenvalue weighted by Gasteiger charge is -2.23. The van der Waals surface area contributed by atoms with Crippen molar-refractivity contribution in [2.75, 3.05) is 5.32 Å². The quantitative estimate of drug-likeness (QED) is 0.662. The lowest BCUT2D eigenvalue weighted by molar-refractivity contribution is -0.142. The molecule has 2 amide bonds. The van der Waals surface area contributed by atoms with E-state index >= 15 is 0 Å². The third-order valence-electron chi connectivity index (χ3n) is 4.27. The Morgan fingerprint density at radius 1 is 1.04 bits per heavy atom. The predicted octanol–water partition coefficient (Wildman–Crippen LogP) is 3.17. The molecular weight excluding hydrogens is 332 g/mol. The van der Waals surface area contributed by atoms with Crippen molar-refractivity contribution in [1.29, 1.82) is 0 Å². The van der Waals surface area contributed by atoms with E-state index in [1.807, 2.05) is 27.7 Å². The van der Waals surface area contributed by atoms with Gasteiger partial charge in [-0.05, 0) is 43.4 Å². The Bertz CT molecular complexity index is 648. The van der Waals surface area contributed by atoms with Gasteiger partial charge < -0.3 is 15.7 Å². The number of anilines is 1. The number of carboxylic acids is 1. The van der Waals surface area contributed by atoms with Gasteiger partial charge in [0.1, 0.15) is 6.04 Å². The topological polar surface area (TPSA) is 95.5 Å². The highest BCUT2D eigenvalue weighted by atomic mass is 16.4. The fourth-order valence-corrected chi connectivity index (χ4v) is 2.45. The first kappa shape index (κ1) is 21.7. The molecule has 6 heteroatoms. The van der Waals surface area contributed by atoms with Gasteiger partial charge in [0.05, 0.1) is 5.41 Å². The summed E-state index contributed by atoms with van der Waals surface area (Å²) in [5.74, 6) is -1.19. The van der Waals surface area contributed by atoms with Crippen LogP contribution in [0.25, 0.3) is 0 Å². The van der Waals surface area contributed by atoms with E-state index in [2.05, 4.69) is 10.6 Å². The molecule has 1 aromatic rings. The molecule has 0 aliphatic heterocycles. The van der Waals surface area contributed by atoms with Gasteiger partial charge in [-0.25, -0.2) is 0 Å². The van der Waals surface area contributed by atoms with Gasteiger partial charge in [-0.1, -0.05) is 39.8 Å². The van der Waals surface area contributed by atoms with E-state index in [-0.39, 0.29) is 23.7 Å². The van der Waals surface area contributed by atoms with Crippen molar-refractivity contribution in [3.05, 3.63) is 29.8 Å². The second-order valence-electron chi connectivity index (χ2n) is 7.88. The number of carbonyl (C=O) groups is 3. The van der Waals surface area contributed by atoms with Gasteiger partial charge in [0.15, 0.2) is 0 Å². The molecule has 1 rings (SSSR count). The van der Waals surface area contributed by atoms with Crippen LogP contribution in [0.3, 0.4) is 0 Å². The van der Waals surface area contributed by atoms with Gasteiger partial charge in [0.25, 0.3) is 0 Å². The number of rotatable bonds is 8. The van der Waals surface area contributed by atoms with E-state index in [0.717, 1.165) is 0 Å². The van der Waals surface area contributed by atoms with Crippen LogP contribution in [0.2, 0.25) is 0 Å². The summed E-state index contributed by atoms with van der Waals surface area (Å²) in [7, 11) is 0. The Balaban J connectivity index is 2.83. The fraction of sp³-hybridized carbons (Fsp3) is 0.550. The molecule has 26 heavy (non-hydrogen) atoms. The molecule has 0 aliphatic rings. The number of hydrogen-bond donors (Lipinski definition) is 3. The van der Waals surface area contributed by atoms with E-state index in [4.69, 9.17) is 0 Å². The second kappa shape index (κ2) is 8.83. The van der Waals surface area contributed by atoms with Crippen molar-refractivity contribution in [2.24, 2.45) is 11.8 Å². The Morgan fingerprint density at radius 2 is 1.58 bits per heavy atom. The van der Waals surface area contributed by atoms with Crippen molar-refractivity contribution in [3.8, 4) is 0 Å². The third kappa shape index (κ3) is 5.86. The molecule has 1 atom stereocenters. The van der Waals surface area contributed by atoms with Gasteiger partial charge in [-0.15, -0.1) is 0 Å². The summed E-state index contributed by atoms with van der Waals surface area (Å²) in [6, 6.07) is 6.09. The molecule has 0 bridgehead atoms. The minimum absolute atomic E-state index is 0.0590. The molecule has 0 saturated carbocycles. The summed E-state index contributed by atoms with van der Waals surface area (Å²) in [4.78, 5) is 35.9. The van der Waals surface area contributed by atoms with Crippen molar-refractivity contribution in [2.45, 2.75) is 59.4 Å². The summed E-state index contributed by atoms with van der Waals surface area (Å²) < 4.78 is 0. The summed E-state index contributed by atoms with van der Waals surface area (Å²) in [6.45, 7) is 10.9. The van der Waals surface area contributed by atoms with E-state index in [1.165, 1.54) is 0 Å². The molecule has 0 saturated heterocycles. The fourth-order valence-electron chi connectivity index (χ4n) is 2.45. The van der Waals surface area contributed by atoms with Crippen molar-refractivity contribution in [1.82, 2.24) is 5.32 Å². The Kier molecular flexibility index (Phi) is 7.36. The molecule has 0 radical (unpaired) electrons. The molecule has 1 aromatic carbocycles. The normalized spacial score (nSPS) is 12.8. The summed E-state index contributed by atoms with van der Waals surface area (Å²) in [5.41, 5.74) is 0.200. The maximum atomic E-state index is 12.5. The number of benzene rings is 1. The van der Waals surface area contributed by atoms with E-state index < -0.39 is 17.4 Å². The molecule has 0 fully saturated rings. The first-order valence-electron chi connectivity index (χ1n) is 8.89. The number of hydrogen-bond acceptors (Lipinski definition) is 3. The number of carbonyl (C=O) groups excluding carboxylic acids is 2. The molecule has 144 valence electrons. The lowest BCUT2D eigenvalue weighted by Crippen LogP contribution is -2.47. The molecule has 0 spiro atoms. The van der Waals surface area contributed by atoms with Gasteiger partial charge in [0.2, 0.25) is 11.8 Å². The number of nitrogens with one attached hydrogen (secondary N) is 2. The van der Waals surface area contributed by atoms with Crippen LogP contribution in [0.15, 0.2) is 24.3 Å². The Hall–Kier alpha value is -2.37. The van der Waals surface area contributed by atoms with Crippen LogP contribution < -0.4 is 10.6 Å². The predicted molar refractivity (Wildman–Crippen MR) is 102 cm³/mol. The maximum absolute atomic E-state index is 12.5. The Morgan fingerprint density at radius 3 is 2.00 bits per heavy atom. The maximum Gasteiger partial charge on any atom is 0.313 e. The highest BCUT2D eigenvalue weighted by molar-refractivity contribution is 5.97. The lowest BCUT2D eigenvalue weighted by atomic mass is 9.85. The van der Waals surface area contributed by atoms with Gasteiger partial charge in [-0.3, -0.25) is 14.4 Å². The first-order valence-corrected chi connectivity index (χ1v) is 8.89. The molecule has 0 aromatic heterocycles. The van der Waals surface area contributed by atoms with Gasteiger partial charge in [0, 0.05) is 12.1 Å². The largest absolute Gasteiger partial charge is 0.481 e. The standard InChI is InChI=1S/C20H30N2O4/c1-12(2)11-16(23)22-17(13(3)4)18(24)21-15-9-7-14(8-10-15)20(5,6)19(25)26/h7-10,12-13,17H,11H2,1-6H3,(H,21,24)(H,22,23)(H,25,26). The molecule has 6 nitrogen and oxygen atoms in total. The average molecular weight is 362 g/mol. The van der Waals surface area contributed by atoms with Crippen LogP contribution in [0.1, 0.15) is 53.5 Å². The zero-order valence-electron chi connectivity index (χ0n) is 16.4. The average Bonchev–Trinajstić information content (AvgIpc) is 2.51. The summed E-state index contributed by atoms with van der Waals surface area (Å²) in [6.07, 6.45) is 0.371. The molecule has 0 heterocycles.